The van der Waals surface area contributed by atoms with Gasteiger partial charge in [-0.2, -0.15) is 13.2 Å². The van der Waals surface area contributed by atoms with Crippen LogP contribution in [0.3, 0.4) is 0 Å². The average Bonchev–Trinajstić information content (AvgIpc) is 2.72. The lowest BCUT2D eigenvalue weighted by molar-refractivity contribution is -0.140. The zero-order chi connectivity index (χ0) is 14.2. The van der Waals surface area contributed by atoms with Crippen LogP contribution in [-0.4, -0.2) is 5.78 Å². The Morgan fingerprint density at radius 3 is 2.37 bits per heavy atom. The van der Waals surface area contributed by atoms with E-state index in [4.69, 9.17) is 0 Å². The summed E-state index contributed by atoms with van der Waals surface area (Å²) >= 11 is 4.27. The summed E-state index contributed by atoms with van der Waals surface area (Å²) < 4.78 is 51.1. The van der Waals surface area contributed by atoms with Gasteiger partial charge in [-0.15, -0.1) is 11.3 Å². The first-order valence-electron chi connectivity index (χ1n) is 4.95. The molecule has 19 heavy (non-hydrogen) atoms. The minimum absolute atomic E-state index is 0.117. The molecule has 0 aliphatic carbocycles. The van der Waals surface area contributed by atoms with Crippen LogP contribution in [0.5, 0.6) is 0 Å². The van der Waals surface area contributed by atoms with E-state index < -0.39 is 23.3 Å². The van der Waals surface area contributed by atoms with Crippen molar-refractivity contribution in [3.05, 3.63) is 55.9 Å². The summed E-state index contributed by atoms with van der Waals surface area (Å²) in [5, 5.41) is 1.65. The van der Waals surface area contributed by atoms with Gasteiger partial charge in [0.05, 0.1) is 10.4 Å². The van der Waals surface area contributed by atoms with E-state index in [9.17, 15) is 22.4 Å². The Morgan fingerprint density at radius 1 is 1.21 bits per heavy atom. The molecule has 1 aromatic carbocycles. The van der Waals surface area contributed by atoms with Crippen molar-refractivity contribution in [3.8, 4) is 0 Å². The molecule has 0 radical (unpaired) electrons. The van der Waals surface area contributed by atoms with Crippen LogP contribution in [0, 0.1) is 5.82 Å². The van der Waals surface area contributed by atoms with Crippen molar-refractivity contribution >= 4 is 33.0 Å². The van der Waals surface area contributed by atoms with Crippen LogP contribution in [0.2, 0.25) is 0 Å². The van der Waals surface area contributed by atoms with Crippen LogP contribution in [0.25, 0.3) is 0 Å². The quantitative estimate of drug-likeness (QED) is 0.555. The summed E-state index contributed by atoms with van der Waals surface area (Å²) in [6.45, 7) is 0. The average molecular weight is 353 g/mol. The minimum atomic E-state index is -4.77. The Labute approximate surface area is 118 Å². The fourth-order valence-corrected chi connectivity index (χ4v) is 2.99. The maximum absolute atomic E-state index is 13.4. The van der Waals surface area contributed by atoms with E-state index in [0.29, 0.717) is 21.5 Å². The molecule has 1 heterocycles. The Balaban J connectivity index is 2.41. The van der Waals surface area contributed by atoms with Crippen LogP contribution in [0.15, 0.2) is 34.1 Å². The van der Waals surface area contributed by atoms with Gasteiger partial charge in [0.1, 0.15) is 5.82 Å². The standard InChI is InChI=1S/C12H5BrF4OS/c13-8-3-4-19-11(8)10(18)6-1-2-7(9(14)5-6)12(15,16)17/h1-5H. The first-order chi connectivity index (χ1) is 8.80. The van der Waals surface area contributed by atoms with Gasteiger partial charge >= 0.3 is 6.18 Å². The third kappa shape index (κ3) is 2.87. The molecule has 100 valence electrons. The minimum Gasteiger partial charge on any atom is -0.288 e. The summed E-state index contributed by atoms with van der Waals surface area (Å²) in [6, 6.07) is 3.79. The molecule has 1 aromatic heterocycles. The molecule has 0 unspecified atom stereocenters. The summed E-state index contributed by atoms with van der Waals surface area (Å²) in [5.74, 6) is -1.97. The Hall–Kier alpha value is -1.21. The summed E-state index contributed by atoms with van der Waals surface area (Å²) in [4.78, 5) is 12.3. The molecule has 0 aliphatic rings. The van der Waals surface area contributed by atoms with Crippen LogP contribution < -0.4 is 0 Å². The Kier molecular flexibility index (Phi) is 3.78. The highest BCUT2D eigenvalue weighted by molar-refractivity contribution is 9.10. The number of rotatable bonds is 2. The van der Waals surface area contributed by atoms with Gasteiger partial charge in [0, 0.05) is 10.0 Å². The van der Waals surface area contributed by atoms with Gasteiger partial charge in [0.15, 0.2) is 0 Å². The van der Waals surface area contributed by atoms with Crippen LogP contribution >= 0.6 is 27.3 Å². The van der Waals surface area contributed by atoms with Gasteiger partial charge in [0.25, 0.3) is 0 Å². The second-order valence-electron chi connectivity index (χ2n) is 3.62. The van der Waals surface area contributed by atoms with E-state index in [0.717, 1.165) is 17.4 Å². The number of carbonyl (C=O) groups excluding carboxylic acids is 1. The fraction of sp³-hybridized carbons (Fsp3) is 0.0833. The largest absolute Gasteiger partial charge is 0.419 e. The number of ketones is 1. The molecule has 0 saturated heterocycles. The van der Waals surface area contributed by atoms with Gasteiger partial charge in [-0.3, -0.25) is 4.79 Å². The van der Waals surface area contributed by atoms with Crippen LogP contribution in [0.1, 0.15) is 20.8 Å². The normalized spacial score (nSPS) is 11.6. The summed E-state index contributed by atoms with van der Waals surface area (Å²) in [7, 11) is 0. The topological polar surface area (TPSA) is 17.1 Å². The van der Waals surface area contributed by atoms with Gasteiger partial charge in [-0.1, -0.05) is 6.07 Å². The SMILES string of the molecule is O=C(c1ccc(C(F)(F)F)c(F)c1)c1sccc1Br. The maximum atomic E-state index is 13.4. The van der Waals surface area contributed by atoms with Gasteiger partial charge in [-0.25, -0.2) is 4.39 Å². The summed E-state index contributed by atoms with van der Waals surface area (Å²) in [6.07, 6.45) is -4.77. The van der Waals surface area contributed by atoms with Crippen molar-refractivity contribution < 1.29 is 22.4 Å². The lowest BCUT2D eigenvalue weighted by Gasteiger charge is -2.08. The van der Waals surface area contributed by atoms with E-state index in [1.54, 1.807) is 11.4 Å². The van der Waals surface area contributed by atoms with Crippen LogP contribution in [-0.2, 0) is 6.18 Å². The molecule has 1 nitrogen and oxygen atoms in total. The number of benzene rings is 1. The number of carbonyl (C=O) groups is 1. The van der Waals surface area contributed by atoms with Crippen molar-refractivity contribution in [2.75, 3.05) is 0 Å². The van der Waals surface area contributed by atoms with Crippen molar-refractivity contribution in [1.29, 1.82) is 0 Å². The molecule has 0 fully saturated rings. The lowest BCUT2D eigenvalue weighted by Crippen LogP contribution is -2.09. The molecular weight excluding hydrogens is 348 g/mol. The number of hydrogen-bond donors (Lipinski definition) is 0. The Bertz CT molecular complexity index is 633. The molecular formula is C12H5BrF4OS. The highest BCUT2D eigenvalue weighted by atomic mass is 79.9. The number of alkyl halides is 3. The van der Waals surface area contributed by atoms with Crippen molar-refractivity contribution in [2.45, 2.75) is 6.18 Å². The predicted molar refractivity (Wildman–Crippen MR) is 66.9 cm³/mol. The second kappa shape index (κ2) is 5.05. The number of hydrogen-bond acceptors (Lipinski definition) is 2. The van der Waals surface area contributed by atoms with Crippen molar-refractivity contribution in [3.63, 3.8) is 0 Å². The van der Waals surface area contributed by atoms with Crippen molar-refractivity contribution in [1.82, 2.24) is 0 Å². The van der Waals surface area contributed by atoms with E-state index >= 15 is 0 Å². The monoisotopic (exact) mass is 352 g/mol. The maximum Gasteiger partial charge on any atom is 0.419 e. The molecule has 0 spiro atoms. The molecule has 0 saturated carbocycles. The van der Waals surface area contributed by atoms with Gasteiger partial charge in [0.2, 0.25) is 5.78 Å². The first kappa shape index (κ1) is 14.2. The molecule has 0 amide bonds. The van der Waals surface area contributed by atoms with Crippen LogP contribution in [0.4, 0.5) is 17.6 Å². The third-order valence-corrected chi connectivity index (χ3v) is 4.20. The lowest BCUT2D eigenvalue weighted by atomic mass is 10.1. The van der Waals surface area contributed by atoms with Gasteiger partial charge in [-0.05, 0) is 39.5 Å². The van der Waals surface area contributed by atoms with E-state index in [-0.39, 0.29) is 5.56 Å². The summed E-state index contributed by atoms with van der Waals surface area (Å²) in [5.41, 5.74) is -1.50. The second-order valence-corrected chi connectivity index (χ2v) is 5.39. The molecule has 2 aromatic rings. The zero-order valence-electron chi connectivity index (χ0n) is 9.09. The van der Waals surface area contributed by atoms with Crippen molar-refractivity contribution in [2.24, 2.45) is 0 Å². The zero-order valence-corrected chi connectivity index (χ0v) is 11.5. The molecule has 0 aliphatic heterocycles. The fourth-order valence-electron chi connectivity index (χ4n) is 1.47. The van der Waals surface area contributed by atoms with Gasteiger partial charge < -0.3 is 0 Å². The first-order valence-corrected chi connectivity index (χ1v) is 6.62. The van der Waals surface area contributed by atoms with E-state index in [2.05, 4.69) is 15.9 Å². The smallest absolute Gasteiger partial charge is 0.288 e. The molecule has 0 N–H and O–H groups in total. The highest BCUT2D eigenvalue weighted by Crippen LogP contribution is 2.32. The third-order valence-electron chi connectivity index (χ3n) is 2.36. The predicted octanol–water partition coefficient (Wildman–Crippen LogP) is 4.90. The molecule has 0 atom stereocenters. The highest BCUT2D eigenvalue weighted by Gasteiger charge is 2.34. The molecule has 7 heteroatoms. The Morgan fingerprint density at radius 2 is 1.89 bits per heavy atom. The van der Waals surface area contributed by atoms with E-state index in [1.807, 2.05) is 0 Å². The van der Waals surface area contributed by atoms with E-state index in [1.165, 1.54) is 0 Å². The number of thiophene rings is 1. The molecule has 2 rings (SSSR count). The number of halogens is 5. The molecule has 0 bridgehead atoms.